The van der Waals surface area contributed by atoms with Crippen LogP contribution in [0.1, 0.15) is 12.5 Å². The van der Waals surface area contributed by atoms with Crippen LogP contribution in [0.15, 0.2) is 164 Å². The standard InChI is InChI=1S/C44H33N/c1-4-6-12-33(5-2)45(34-13-8-7-9-14-34)35-23-22-30-27-32(21-20-31(30)28-35)37-25-26-42-39-17-10-15-36-29(3)19-24-41(43(36)39)40-18-11-16-38(37)44(40)42/h4-28H,1H2,2-3H3/b12-6-,33-5+. The second-order valence-corrected chi connectivity index (χ2v) is 11.8. The number of hydrogen-bond donors (Lipinski definition) is 0. The summed E-state index contributed by atoms with van der Waals surface area (Å²) in [7, 11) is 0. The van der Waals surface area contributed by atoms with Crippen molar-refractivity contribution < 1.29 is 0 Å². The highest BCUT2D eigenvalue weighted by atomic mass is 15.1. The second kappa shape index (κ2) is 10.8. The van der Waals surface area contributed by atoms with E-state index in [4.69, 9.17) is 0 Å². The number of aryl methyl sites for hydroxylation is 1. The SMILES string of the molecule is C=C/C=C\C(=C/C)N(c1ccccc1)c1ccc2cc(-c3ccc4c5cccc6c(C)ccc(c7cccc3c74)c65)ccc2c1. The van der Waals surface area contributed by atoms with Crippen LogP contribution in [-0.4, -0.2) is 0 Å². The summed E-state index contributed by atoms with van der Waals surface area (Å²) in [5.74, 6) is 0. The zero-order valence-electron chi connectivity index (χ0n) is 25.6. The van der Waals surface area contributed by atoms with Gasteiger partial charge in [-0.2, -0.15) is 0 Å². The minimum atomic E-state index is 1.09. The number of hydrogen-bond acceptors (Lipinski definition) is 1. The van der Waals surface area contributed by atoms with Crippen molar-refractivity contribution in [3.63, 3.8) is 0 Å². The van der Waals surface area contributed by atoms with Crippen molar-refractivity contribution in [2.24, 2.45) is 0 Å². The lowest BCUT2D eigenvalue weighted by atomic mass is 9.86. The van der Waals surface area contributed by atoms with Crippen LogP contribution < -0.4 is 4.90 Å². The second-order valence-electron chi connectivity index (χ2n) is 11.8. The fourth-order valence-corrected chi connectivity index (χ4v) is 7.14. The zero-order chi connectivity index (χ0) is 30.5. The van der Waals surface area contributed by atoms with Gasteiger partial charge < -0.3 is 4.90 Å². The van der Waals surface area contributed by atoms with E-state index in [9.17, 15) is 0 Å². The first kappa shape index (κ1) is 26.9. The van der Waals surface area contributed by atoms with Gasteiger partial charge in [-0.3, -0.25) is 0 Å². The predicted octanol–water partition coefficient (Wildman–Crippen LogP) is 12.6. The first-order valence-electron chi connectivity index (χ1n) is 15.6. The molecule has 0 N–H and O–H groups in total. The molecule has 0 spiro atoms. The normalized spacial score (nSPS) is 12.4. The van der Waals surface area contributed by atoms with Crippen molar-refractivity contribution in [1.82, 2.24) is 0 Å². The third-order valence-electron chi connectivity index (χ3n) is 9.24. The van der Waals surface area contributed by atoms with E-state index < -0.39 is 0 Å². The van der Waals surface area contributed by atoms with Crippen LogP contribution in [0.5, 0.6) is 0 Å². The summed E-state index contributed by atoms with van der Waals surface area (Å²) in [6.45, 7) is 8.16. The molecule has 0 atom stereocenters. The molecule has 0 bridgehead atoms. The summed E-state index contributed by atoms with van der Waals surface area (Å²) >= 11 is 0. The van der Waals surface area contributed by atoms with Crippen LogP contribution in [0.25, 0.3) is 65.0 Å². The maximum absolute atomic E-state index is 3.87. The number of para-hydroxylation sites is 1. The Labute approximate surface area is 264 Å². The largest absolute Gasteiger partial charge is 0.311 e. The lowest BCUT2D eigenvalue weighted by Gasteiger charge is -2.26. The number of allylic oxidation sites excluding steroid dienone is 4. The molecule has 8 rings (SSSR count). The van der Waals surface area contributed by atoms with Gasteiger partial charge in [-0.25, -0.2) is 0 Å². The lowest BCUT2D eigenvalue weighted by Crippen LogP contribution is -2.14. The average molecular weight is 576 g/mol. The monoisotopic (exact) mass is 575 g/mol. The highest BCUT2D eigenvalue weighted by Crippen LogP contribution is 2.44. The van der Waals surface area contributed by atoms with E-state index in [1.807, 2.05) is 12.2 Å². The Kier molecular flexibility index (Phi) is 6.47. The number of fused-ring (bicyclic) bond motifs is 3. The van der Waals surface area contributed by atoms with E-state index in [1.165, 1.54) is 70.6 Å². The minimum Gasteiger partial charge on any atom is -0.311 e. The molecular formula is C44H33N. The van der Waals surface area contributed by atoms with Crippen molar-refractivity contribution in [2.45, 2.75) is 13.8 Å². The van der Waals surface area contributed by atoms with E-state index >= 15 is 0 Å². The molecule has 214 valence electrons. The topological polar surface area (TPSA) is 3.24 Å². The van der Waals surface area contributed by atoms with Gasteiger partial charge in [0.25, 0.3) is 0 Å². The number of nitrogens with zero attached hydrogens (tertiary/aromatic N) is 1. The van der Waals surface area contributed by atoms with Crippen LogP contribution in [0.2, 0.25) is 0 Å². The fraction of sp³-hybridized carbons (Fsp3) is 0.0455. The Hall–Kier alpha value is -5.66. The molecule has 0 fully saturated rings. The van der Waals surface area contributed by atoms with Gasteiger partial charge in [0.2, 0.25) is 0 Å². The van der Waals surface area contributed by atoms with E-state index in [2.05, 4.69) is 165 Å². The van der Waals surface area contributed by atoms with Gasteiger partial charge >= 0.3 is 0 Å². The highest BCUT2D eigenvalue weighted by Gasteiger charge is 2.17. The van der Waals surface area contributed by atoms with Gasteiger partial charge in [-0.15, -0.1) is 0 Å². The molecule has 0 heterocycles. The molecule has 0 amide bonds. The molecule has 0 radical (unpaired) electrons. The maximum atomic E-state index is 3.87. The lowest BCUT2D eigenvalue weighted by molar-refractivity contribution is 1.20. The van der Waals surface area contributed by atoms with Crippen LogP contribution >= 0.6 is 0 Å². The molecule has 0 aliphatic carbocycles. The number of rotatable bonds is 6. The molecular weight excluding hydrogens is 542 g/mol. The first-order chi connectivity index (χ1) is 22.2. The summed E-state index contributed by atoms with van der Waals surface area (Å²) in [6.07, 6.45) is 8.04. The van der Waals surface area contributed by atoms with E-state index in [1.54, 1.807) is 0 Å². The van der Waals surface area contributed by atoms with Gasteiger partial charge in [-0.1, -0.05) is 122 Å². The molecule has 0 saturated heterocycles. The zero-order valence-corrected chi connectivity index (χ0v) is 25.6. The maximum Gasteiger partial charge on any atom is 0.0467 e. The van der Waals surface area contributed by atoms with Gasteiger partial charge in [0.05, 0.1) is 0 Å². The molecule has 0 aliphatic heterocycles. The molecule has 0 aromatic heterocycles. The number of benzene rings is 8. The van der Waals surface area contributed by atoms with Crippen LogP contribution in [0, 0.1) is 6.92 Å². The van der Waals surface area contributed by atoms with Gasteiger partial charge in [0.15, 0.2) is 0 Å². The molecule has 0 saturated carbocycles. The van der Waals surface area contributed by atoms with Crippen molar-refractivity contribution in [2.75, 3.05) is 4.90 Å². The Morgan fingerprint density at radius 3 is 1.98 bits per heavy atom. The fourth-order valence-electron chi connectivity index (χ4n) is 7.14. The van der Waals surface area contributed by atoms with Gasteiger partial charge in [-0.05, 0) is 121 Å². The molecule has 45 heavy (non-hydrogen) atoms. The van der Waals surface area contributed by atoms with Crippen molar-refractivity contribution in [3.05, 3.63) is 170 Å². The summed E-state index contributed by atoms with van der Waals surface area (Å²) in [4.78, 5) is 2.29. The Morgan fingerprint density at radius 2 is 1.22 bits per heavy atom. The first-order valence-corrected chi connectivity index (χ1v) is 15.6. The molecule has 0 aliphatic rings. The summed E-state index contributed by atoms with van der Waals surface area (Å²) < 4.78 is 0. The molecule has 1 nitrogen and oxygen atoms in total. The van der Waals surface area contributed by atoms with Crippen LogP contribution in [0.3, 0.4) is 0 Å². The molecule has 0 unspecified atom stereocenters. The summed E-state index contributed by atoms with van der Waals surface area (Å²) in [6, 6.07) is 46.9. The third-order valence-corrected chi connectivity index (χ3v) is 9.24. The highest BCUT2D eigenvalue weighted by molar-refractivity contribution is 6.34. The summed E-state index contributed by atoms with van der Waals surface area (Å²) in [5.41, 5.74) is 7.15. The number of anilines is 2. The van der Waals surface area contributed by atoms with Crippen molar-refractivity contribution in [1.29, 1.82) is 0 Å². The third kappa shape index (κ3) is 4.31. The minimum absolute atomic E-state index is 1.09. The van der Waals surface area contributed by atoms with Crippen molar-refractivity contribution in [3.8, 4) is 11.1 Å². The van der Waals surface area contributed by atoms with E-state index in [0.717, 1.165) is 17.1 Å². The van der Waals surface area contributed by atoms with Gasteiger partial charge in [0.1, 0.15) is 0 Å². The average Bonchev–Trinajstić information content (AvgIpc) is 3.09. The molecule has 1 heteroatoms. The van der Waals surface area contributed by atoms with Gasteiger partial charge in [0, 0.05) is 17.1 Å². The molecule has 8 aromatic carbocycles. The Morgan fingerprint density at radius 1 is 0.578 bits per heavy atom. The quantitative estimate of drug-likeness (QED) is 0.108. The molecule has 8 aromatic rings. The predicted molar refractivity (Wildman–Crippen MR) is 197 cm³/mol. The Bertz CT molecular complexity index is 2440. The summed E-state index contributed by atoms with van der Waals surface area (Å²) in [5, 5.41) is 13.1. The smallest absolute Gasteiger partial charge is 0.0467 e. The van der Waals surface area contributed by atoms with Crippen LogP contribution in [0.4, 0.5) is 11.4 Å². The van der Waals surface area contributed by atoms with E-state index in [0.29, 0.717) is 0 Å². The van der Waals surface area contributed by atoms with E-state index in [-0.39, 0.29) is 0 Å². The van der Waals surface area contributed by atoms with Crippen LogP contribution in [-0.2, 0) is 0 Å². The van der Waals surface area contributed by atoms with Crippen molar-refractivity contribution >= 4 is 65.2 Å². The Balaban J connectivity index is 1.28.